The van der Waals surface area contributed by atoms with Crippen LogP contribution in [0.4, 0.5) is 10.1 Å². The molecule has 3 N–H and O–H groups in total. The van der Waals surface area contributed by atoms with Gasteiger partial charge in [0.1, 0.15) is 5.82 Å². The number of para-hydroxylation sites is 1. The molecule has 1 aromatic rings. The van der Waals surface area contributed by atoms with Crippen molar-refractivity contribution in [3.05, 3.63) is 30.1 Å². The van der Waals surface area contributed by atoms with Crippen molar-refractivity contribution in [2.45, 2.75) is 26.2 Å². The van der Waals surface area contributed by atoms with Crippen molar-refractivity contribution in [2.75, 3.05) is 31.6 Å². The summed E-state index contributed by atoms with van der Waals surface area (Å²) in [4.78, 5) is 44.0. The van der Waals surface area contributed by atoms with E-state index in [0.717, 1.165) is 19.4 Å². The second kappa shape index (κ2) is 12.4. The molecular weight excluding hydrogens is 387 g/mol. The van der Waals surface area contributed by atoms with Gasteiger partial charge >= 0.3 is 17.9 Å². The van der Waals surface area contributed by atoms with Crippen molar-refractivity contribution in [1.82, 2.24) is 4.90 Å². The van der Waals surface area contributed by atoms with Crippen LogP contribution in [-0.2, 0) is 23.9 Å². The second-order valence-electron chi connectivity index (χ2n) is 6.28. The SMILES string of the molecule is CCOC(=O)C1CCCN(CCC(=O)Nc2ccccc2F)C1.O=C(O)C(=O)O. The Balaban J connectivity index is 0.000000612. The highest BCUT2D eigenvalue weighted by molar-refractivity contribution is 6.27. The van der Waals surface area contributed by atoms with Crippen molar-refractivity contribution >= 4 is 29.5 Å². The molecule has 0 aromatic heterocycles. The zero-order chi connectivity index (χ0) is 21.8. The number of hydrogen-bond donors (Lipinski definition) is 3. The van der Waals surface area contributed by atoms with E-state index in [9.17, 15) is 14.0 Å². The fraction of sp³-hybridized carbons (Fsp3) is 0.474. The first-order valence-corrected chi connectivity index (χ1v) is 9.14. The summed E-state index contributed by atoms with van der Waals surface area (Å²) >= 11 is 0. The zero-order valence-corrected chi connectivity index (χ0v) is 16.1. The Morgan fingerprint density at radius 3 is 2.45 bits per heavy atom. The number of ether oxygens (including phenoxy) is 1. The molecule has 2 rings (SSSR count). The highest BCUT2D eigenvalue weighted by atomic mass is 19.1. The average molecular weight is 412 g/mol. The van der Waals surface area contributed by atoms with Crippen molar-refractivity contribution in [3.63, 3.8) is 0 Å². The molecule has 1 aliphatic rings. The van der Waals surface area contributed by atoms with E-state index in [-0.39, 0.29) is 29.9 Å². The Labute approximate surface area is 167 Å². The number of anilines is 1. The van der Waals surface area contributed by atoms with Crippen LogP contribution in [0.5, 0.6) is 0 Å². The second-order valence-corrected chi connectivity index (χ2v) is 6.28. The lowest BCUT2D eigenvalue weighted by Gasteiger charge is -2.31. The van der Waals surface area contributed by atoms with Gasteiger partial charge in [-0.2, -0.15) is 0 Å². The number of rotatable bonds is 6. The van der Waals surface area contributed by atoms with Crippen LogP contribution in [0.15, 0.2) is 24.3 Å². The Morgan fingerprint density at radius 2 is 1.86 bits per heavy atom. The number of benzene rings is 1. The van der Waals surface area contributed by atoms with Crippen molar-refractivity contribution in [3.8, 4) is 0 Å². The van der Waals surface area contributed by atoms with E-state index in [0.29, 0.717) is 19.7 Å². The monoisotopic (exact) mass is 412 g/mol. The topological polar surface area (TPSA) is 133 Å². The lowest BCUT2D eigenvalue weighted by atomic mass is 9.98. The number of piperidine rings is 1. The summed E-state index contributed by atoms with van der Waals surface area (Å²) in [5.41, 5.74) is 0.195. The summed E-state index contributed by atoms with van der Waals surface area (Å²) in [6.07, 6.45) is 2.01. The van der Waals surface area contributed by atoms with Gasteiger partial charge in [-0.05, 0) is 38.4 Å². The minimum Gasteiger partial charge on any atom is -0.473 e. The van der Waals surface area contributed by atoms with Gasteiger partial charge in [-0.25, -0.2) is 14.0 Å². The molecule has 1 aromatic carbocycles. The maximum absolute atomic E-state index is 13.5. The van der Waals surface area contributed by atoms with Gasteiger partial charge in [0.25, 0.3) is 0 Å². The van der Waals surface area contributed by atoms with Gasteiger partial charge in [0, 0.05) is 19.5 Å². The number of nitrogens with zero attached hydrogens (tertiary/aromatic N) is 1. The Kier molecular flexibility index (Phi) is 10.3. The van der Waals surface area contributed by atoms with Crippen molar-refractivity contribution < 1.29 is 38.5 Å². The number of carbonyl (C=O) groups is 4. The lowest BCUT2D eigenvalue weighted by Crippen LogP contribution is -2.40. The van der Waals surface area contributed by atoms with Crippen LogP contribution in [0.2, 0.25) is 0 Å². The summed E-state index contributed by atoms with van der Waals surface area (Å²) in [6.45, 7) is 4.22. The Bertz CT molecular complexity index is 714. The van der Waals surface area contributed by atoms with Crippen molar-refractivity contribution in [2.24, 2.45) is 5.92 Å². The molecule has 1 heterocycles. The highest BCUT2D eigenvalue weighted by Gasteiger charge is 2.26. The van der Waals surface area contributed by atoms with Gasteiger partial charge < -0.3 is 25.2 Å². The Morgan fingerprint density at radius 1 is 1.21 bits per heavy atom. The molecule has 1 atom stereocenters. The van der Waals surface area contributed by atoms with Gasteiger partial charge in [0.2, 0.25) is 5.91 Å². The van der Waals surface area contributed by atoms with Gasteiger partial charge in [-0.1, -0.05) is 12.1 Å². The van der Waals surface area contributed by atoms with Crippen LogP contribution >= 0.6 is 0 Å². The number of carboxylic acids is 2. The third-order valence-corrected chi connectivity index (χ3v) is 4.11. The molecule has 29 heavy (non-hydrogen) atoms. The van der Waals surface area contributed by atoms with Crippen molar-refractivity contribution in [1.29, 1.82) is 0 Å². The molecule has 1 unspecified atom stereocenters. The normalized spacial score (nSPS) is 16.1. The van der Waals surface area contributed by atoms with Crippen LogP contribution in [0.25, 0.3) is 0 Å². The van der Waals surface area contributed by atoms with E-state index < -0.39 is 17.8 Å². The predicted octanol–water partition coefficient (Wildman–Crippen LogP) is 1.58. The first-order chi connectivity index (χ1) is 13.7. The van der Waals surface area contributed by atoms with Crippen LogP contribution in [0, 0.1) is 11.7 Å². The van der Waals surface area contributed by atoms with Gasteiger partial charge in [-0.3, -0.25) is 9.59 Å². The molecule has 1 fully saturated rings. The molecule has 1 aliphatic heterocycles. The number of amides is 1. The fourth-order valence-corrected chi connectivity index (χ4v) is 2.75. The molecule has 0 saturated carbocycles. The standard InChI is InChI=1S/C17H23FN2O3.C2H2O4/c1-2-23-17(22)13-6-5-10-20(12-13)11-9-16(21)19-15-8-4-3-7-14(15)18;3-1(4)2(5)6/h3-4,7-8,13H,2,5-6,9-12H2,1H3,(H,19,21);(H,3,4)(H,5,6). The zero-order valence-electron chi connectivity index (χ0n) is 16.1. The molecule has 9 nitrogen and oxygen atoms in total. The minimum absolute atomic E-state index is 0.113. The van der Waals surface area contributed by atoms with E-state index in [4.69, 9.17) is 24.5 Å². The first-order valence-electron chi connectivity index (χ1n) is 9.14. The van der Waals surface area contributed by atoms with Crippen LogP contribution in [-0.4, -0.2) is 65.2 Å². The van der Waals surface area contributed by atoms with E-state index in [1.807, 2.05) is 0 Å². The third kappa shape index (κ3) is 9.15. The first kappa shape index (κ1) is 24.0. The molecule has 10 heteroatoms. The summed E-state index contributed by atoms with van der Waals surface area (Å²) < 4.78 is 18.5. The number of esters is 1. The molecule has 1 amide bonds. The average Bonchev–Trinajstić information content (AvgIpc) is 2.69. The molecule has 0 radical (unpaired) electrons. The van der Waals surface area contributed by atoms with E-state index in [1.165, 1.54) is 12.1 Å². The molecular formula is C19H25FN2O7. The van der Waals surface area contributed by atoms with Crippen LogP contribution < -0.4 is 5.32 Å². The Hall–Kier alpha value is -3.01. The number of halogens is 1. The van der Waals surface area contributed by atoms with Gasteiger partial charge in [0.05, 0.1) is 18.2 Å². The molecule has 0 bridgehead atoms. The predicted molar refractivity (Wildman–Crippen MR) is 101 cm³/mol. The van der Waals surface area contributed by atoms with E-state index >= 15 is 0 Å². The lowest BCUT2D eigenvalue weighted by molar-refractivity contribution is -0.159. The molecule has 0 spiro atoms. The van der Waals surface area contributed by atoms with Crippen LogP contribution in [0.1, 0.15) is 26.2 Å². The summed E-state index contributed by atoms with van der Waals surface area (Å²) in [6, 6.07) is 6.09. The van der Waals surface area contributed by atoms with E-state index in [2.05, 4.69) is 10.2 Å². The van der Waals surface area contributed by atoms with Gasteiger partial charge in [-0.15, -0.1) is 0 Å². The van der Waals surface area contributed by atoms with Crippen LogP contribution in [0.3, 0.4) is 0 Å². The molecule has 160 valence electrons. The molecule has 0 aliphatic carbocycles. The number of nitrogens with one attached hydrogen (secondary N) is 1. The number of carbonyl (C=O) groups excluding carboxylic acids is 2. The van der Waals surface area contributed by atoms with E-state index in [1.54, 1.807) is 19.1 Å². The minimum atomic E-state index is -1.82. The highest BCUT2D eigenvalue weighted by Crippen LogP contribution is 2.18. The summed E-state index contributed by atoms with van der Waals surface area (Å²) in [5, 5.41) is 17.4. The fourth-order valence-electron chi connectivity index (χ4n) is 2.75. The number of aliphatic carboxylic acids is 2. The summed E-state index contributed by atoms with van der Waals surface area (Å²) in [7, 11) is 0. The summed E-state index contributed by atoms with van der Waals surface area (Å²) in [5.74, 6) is -4.59. The number of hydrogen-bond acceptors (Lipinski definition) is 6. The smallest absolute Gasteiger partial charge is 0.414 e. The largest absolute Gasteiger partial charge is 0.473 e. The number of carboxylic acid groups (broad SMARTS) is 2. The third-order valence-electron chi connectivity index (χ3n) is 4.11. The number of likely N-dealkylation sites (tertiary alicyclic amines) is 1. The maximum Gasteiger partial charge on any atom is 0.414 e. The quantitative estimate of drug-likeness (QED) is 0.474. The van der Waals surface area contributed by atoms with Gasteiger partial charge in [0.15, 0.2) is 0 Å². The molecule has 1 saturated heterocycles. The maximum atomic E-state index is 13.5.